The van der Waals surface area contributed by atoms with Gasteiger partial charge in [-0.15, -0.1) is 0 Å². The number of amides is 1. The van der Waals surface area contributed by atoms with Crippen LogP contribution in [0, 0.1) is 6.92 Å². The standard InChI is InChI=1S/C29H25N5O/c1-17-22(3-2-4-26(17)33-21-9-7-19(8-10-21)18-5-6-18)23-11-12-24(29(30)35)28-25(23)13-27(34-28)20-14-31-16-32-15-20/h2-4,7-16,18,33-34H,5-6H2,1H3,(H2,30,35). The van der Waals surface area contributed by atoms with Crippen LogP contribution in [0.5, 0.6) is 0 Å². The highest BCUT2D eigenvalue weighted by atomic mass is 16.1. The lowest BCUT2D eigenvalue weighted by Crippen LogP contribution is -2.11. The average Bonchev–Trinajstić information content (AvgIpc) is 3.63. The molecule has 1 aliphatic carbocycles. The number of fused-ring (bicyclic) bond motifs is 1. The topological polar surface area (TPSA) is 96.7 Å². The molecule has 2 heterocycles. The summed E-state index contributed by atoms with van der Waals surface area (Å²) in [4.78, 5) is 23.8. The quantitative estimate of drug-likeness (QED) is 0.277. The minimum atomic E-state index is -0.471. The fourth-order valence-corrected chi connectivity index (χ4v) is 4.73. The van der Waals surface area contributed by atoms with Crippen LogP contribution < -0.4 is 11.1 Å². The maximum atomic E-state index is 12.2. The molecule has 1 amide bonds. The van der Waals surface area contributed by atoms with Gasteiger partial charge in [0.05, 0.1) is 11.1 Å². The van der Waals surface area contributed by atoms with Crippen molar-refractivity contribution in [3.05, 3.63) is 96.1 Å². The van der Waals surface area contributed by atoms with Crippen molar-refractivity contribution in [2.24, 2.45) is 5.73 Å². The van der Waals surface area contributed by atoms with Gasteiger partial charge in [0.25, 0.3) is 5.91 Å². The Kier molecular flexibility index (Phi) is 5.07. The molecule has 1 aliphatic rings. The number of nitrogens with two attached hydrogens (primary N) is 1. The third kappa shape index (κ3) is 3.93. The minimum absolute atomic E-state index is 0.453. The summed E-state index contributed by atoms with van der Waals surface area (Å²) in [7, 11) is 0. The van der Waals surface area contributed by atoms with E-state index in [0.29, 0.717) is 11.1 Å². The van der Waals surface area contributed by atoms with E-state index >= 15 is 0 Å². The molecule has 6 nitrogen and oxygen atoms in total. The Morgan fingerprint density at radius 3 is 2.49 bits per heavy atom. The zero-order valence-corrected chi connectivity index (χ0v) is 19.4. The third-order valence-corrected chi connectivity index (χ3v) is 6.79. The summed E-state index contributed by atoms with van der Waals surface area (Å²) in [6.07, 6.45) is 7.58. The van der Waals surface area contributed by atoms with Crippen LogP contribution in [0.1, 0.15) is 40.2 Å². The van der Waals surface area contributed by atoms with Crippen LogP contribution in [-0.4, -0.2) is 20.9 Å². The monoisotopic (exact) mass is 459 g/mol. The van der Waals surface area contributed by atoms with Gasteiger partial charge >= 0.3 is 0 Å². The molecule has 172 valence electrons. The van der Waals surface area contributed by atoms with Crippen molar-refractivity contribution < 1.29 is 4.79 Å². The summed E-state index contributed by atoms with van der Waals surface area (Å²) in [6.45, 7) is 2.11. The highest BCUT2D eigenvalue weighted by molar-refractivity contribution is 6.10. The SMILES string of the molecule is Cc1c(Nc2ccc(C3CC3)cc2)cccc1-c1ccc(C(N)=O)c2[nH]c(-c3cncnc3)cc12. The molecule has 5 aromatic rings. The number of aromatic amines is 1. The van der Waals surface area contributed by atoms with E-state index in [1.165, 1.54) is 24.7 Å². The van der Waals surface area contributed by atoms with Crippen molar-refractivity contribution in [1.29, 1.82) is 0 Å². The van der Waals surface area contributed by atoms with E-state index in [9.17, 15) is 4.79 Å². The summed E-state index contributed by atoms with van der Waals surface area (Å²) >= 11 is 0. The lowest BCUT2D eigenvalue weighted by atomic mass is 9.94. The number of carbonyl (C=O) groups excluding carboxylic acids is 1. The summed E-state index contributed by atoms with van der Waals surface area (Å²) in [5.74, 6) is 0.273. The number of nitrogens with one attached hydrogen (secondary N) is 2. The van der Waals surface area contributed by atoms with E-state index in [1.54, 1.807) is 18.5 Å². The van der Waals surface area contributed by atoms with Crippen LogP contribution in [0.4, 0.5) is 11.4 Å². The molecule has 6 rings (SSSR count). The minimum Gasteiger partial charge on any atom is -0.366 e. The molecule has 35 heavy (non-hydrogen) atoms. The molecule has 0 radical (unpaired) electrons. The average molecular weight is 460 g/mol. The van der Waals surface area contributed by atoms with Crippen LogP contribution in [0.15, 0.2) is 79.4 Å². The summed E-state index contributed by atoms with van der Waals surface area (Å²) in [6, 6.07) is 20.8. The molecule has 0 atom stereocenters. The third-order valence-electron chi connectivity index (χ3n) is 6.79. The smallest absolute Gasteiger partial charge is 0.250 e. The lowest BCUT2D eigenvalue weighted by molar-refractivity contribution is 0.100. The first-order valence-electron chi connectivity index (χ1n) is 11.8. The number of hydrogen-bond donors (Lipinski definition) is 3. The predicted molar refractivity (Wildman–Crippen MR) is 140 cm³/mol. The molecule has 0 unspecified atom stereocenters. The fourth-order valence-electron chi connectivity index (χ4n) is 4.73. The number of carbonyl (C=O) groups is 1. The van der Waals surface area contributed by atoms with Crippen LogP contribution in [0.2, 0.25) is 0 Å². The van der Waals surface area contributed by atoms with Gasteiger partial charge < -0.3 is 16.0 Å². The Labute approximate surface area is 203 Å². The van der Waals surface area contributed by atoms with Crippen molar-refractivity contribution in [1.82, 2.24) is 15.0 Å². The molecule has 4 N–H and O–H groups in total. The Morgan fingerprint density at radius 2 is 1.77 bits per heavy atom. The zero-order valence-electron chi connectivity index (χ0n) is 19.4. The summed E-state index contributed by atoms with van der Waals surface area (Å²) < 4.78 is 0. The lowest BCUT2D eigenvalue weighted by Gasteiger charge is -2.15. The number of nitrogens with zero attached hydrogens (tertiary/aromatic N) is 2. The fraction of sp³-hybridized carbons (Fsp3) is 0.138. The molecule has 0 spiro atoms. The van der Waals surface area contributed by atoms with Gasteiger partial charge in [-0.2, -0.15) is 0 Å². The van der Waals surface area contributed by atoms with E-state index < -0.39 is 5.91 Å². The van der Waals surface area contributed by atoms with Gasteiger partial charge in [0.1, 0.15) is 6.33 Å². The number of H-pyrrole nitrogens is 1. The molecule has 0 aliphatic heterocycles. The second kappa shape index (κ2) is 8.40. The van der Waals surface area contributed by atoms with Gasteiger partial charge in [0.2, 0.25) is 0 Å². The van der Waals surface area contributed by atoms with Crippen molar-refractivity contribution in [2.75, 3.05) is 5.32 Å². The predicted octanol–water partition coefficient (Wildman–Crippen LogP) is 6.32. The Morgan fingerprint density at radius 1 is 1.00 bits per heavy atom. The van der Waals surface area contributed by atoms with Crippen molar-refractivity contribution in [2.45, 2.75) is 25.7 Å². The Bertz CT molecular complexity index is 1550. The maximum absolute atomic E-state index is 12.2. The summed E-state index contributed by atoms with van der Waals surface area (Å²) in [5.41, 5.74) is 15.3. The first-order valence-corrected chi connectivity index (χ1v) is 11.8. The van der Waals surface area contributed by atoms with E-state index in [-0.39, 0.29) is 0 Å². The number of primary amides is 1. The van der Waals surface area contributed by atoms with E-state index in [0.717, 1.165) is 50.6 Å². The second-order valence-corrected chi connectivity index (χ2v) is 9.12. The van der Waals surface area contributed by atoms with Gasteiger partial charge in [-0.1, -0.05) is 30.3 Å². The number of hydrogen-bond acceptors (Lipinski definition) is 4. The first-order chi connectivity index (χ1) is 17.1. The molecular formula is C29H25N5O. The van der Waals surface area contributed by atoms with Gasteiger partial charge in [-0.05, 0) is 78.3 Å². The molecule has 3 aromatic carbocycles. The number of rotatable bonds is 6. The Hall–Kier alpha value is -4.45. The second-order valence-electron chi connectivity index (χ2n) is 9.12. The van der Waals surface area contributed by atoms with Crippen LogP contribution in [0.3, 0.4) is 0 Å². The number of anilines is 2. The van der Waals surface area contributed by atoms with Crippen LogP contribution in [0.25, 0.3) is 33.3 Å². The molecule has 1 fully saturated rings. The molecule has 6 heteroatoms. The van der Waals surface area contributed by atoms with Crippen LogP contribution in [-0.2, 0) is 0 Å². The molecule has 0 bridgehead atoms. The van der Waals surface area contributed by atoms with E-state index in [2.05, 4.69) is 69.7 Å². The normalized spacial score (nSPS) is 13.2. The van der Waals surface area contributed by atoms with Gasteiger partial charge in [0.15, 0.2) is 0 Å². The van der Waals surface area contributed by atoms with Crippen molar-refractivity contribution in [3.63, 3.8) is 0 Å². The number of benzene rings is 3. The first kappa shape index (κ1) is 21.1. The van der Waals surface area contributed by atoms with E-state index in [4.69, 9.17) is 5.73 Å². The molecule has 2 aromatic heterocycles. The van der Waals surface area contributed by atoms with Gasteiger partial charge in [0, 0.05) is 40.4 Å². The zero-order chi connectivity index (χ0) is 23.9. The number of aromatic nitrogens is 3. The highest BCUT2D eigenvalue weighted by Crippen LogP contribution is 2.41. The molecular weight excluding hydrogens is 434 g/mol. The Balaban J connectivity index is 1.43. The summed E-state index contributed by atoms with van der Waals surface area (Å²) in [5, 5.41) is 4.50. The van der Waals surface area contributed by atoms with Gasteiger partial charge in [-0.25, -0.2) is 9.97 Å². The molecule has 0 saturated heterocycles. The largest absolute Gasteiger partial charge is 0.366 e. The van der Waals surface area contributed by atoms with E-state index in [1.807, 2.05) is 12.1 Å². The molecule has 1 saturated carbocycles. The highest BCUT2D eigenvalue weighted by Gasteiger charge is 2.23. The maximum Gasteiger partial charge on any atom is 0.250 e. The van der Waals surface area contributed by atoms with Crippen molar-refractivity contribution in [3.8, 4) is 22.4 Å². The van der Waals surface area contributed by atoms with Gasteiger partial charge in [-0.3, -0.25) is 4.79 Å². The van der Waals surface area contributed by atoms with Crippen LogP contribution >= 0.6 is 0 Å². The van der Waals surface area contributed by atoms with Crippen molar-refractivity contribution >= 4 is 28.2 Å².